The Morgan fingerprint density at radius 1 is 1.08 bits per heavy atom. The predicted molar refractivity (Wildman–Crippen MR) is 153 cm³/mol. The number of nitrogens with zero attached hydrogens (tertiary/aromatic N) is 2. The van der Waals surface area contributed by atoms with Gasteiger partial charge in [-0.15, -0.1) is 5.16 Å². The van der Waals surface area contributed by atoms with Gasteiger partial charge in [0.15, 0.2) is 11.3 Å². The van der Waals surface area contributed by atoms with Crippen molar-refractivity contribution < 1.29 is 18.6 Å². The molecule has 4 aromatic rings. The van der Waals surface area contributed by atoms with E-state index in [-0.39, 0.29) is 17.3 Å². The number of nitrogens with one attached hydrogen (secondary N) is 1. The van der Waals surface area contributed by atoms with Gasteiger partial charge in [-0.05, 0) is 80.1 Å². The van der Waals surface area contributed by atoms with E-state index in [1.165, 1.54) is 24.8 Å². The minimum Gasteiger partial charge on any atom is -0.440 e. The summed E-state index contributed by atoms with van der Waals surface area (Å²) in [7, 11) is -1.14. The van der Waals surface area contributed by atoms with E-state index in [0.717, 1.165) is 48.3 Å². The lowest BCUT2D eigenvalue weighted by atomic mass is 9.75. The second-order valence-corrected chi connectivity index (χ2v) is 10.3. The number of piperidine rings is 1. The van der Waals surface area contributed by atoms with Gasteiger partial charge in [0, 0.05) is 41.4 Å². The zero-order chi connectivity index (χ0) is 27.1. The number of halogens is 1. The summed E-state index contributed by atoms with van der Waals surface area (Å²) in [6, 6.07) is 15.3. The molecule has 0 aliphatic carbocycles. The molecule has 7 nitrogen and oxygen atoms in total. The summed E-state index contributed by atoms with van der Waals surface area (Å²) in [6.07, 6.45) is 4.87. The number of anilines is 2. The molecule has 3 aromatic carbocycles. The van der Waals surface area contributed by atoms with Crippen molar-refractivity contribution in [3.05, 3.63) is 87.3 Å². The third-order valence-corrected chi connectivity index (χ3v) is 7.49. The molecule has 2 aliphatic rings. The Kier molecular flexibility index (Phi) is 6.60. The molecule has 9 heteroatoms. The average molecular weight is 525 g/mol. The van der Waals surface area contributed by atoms with Crippen molar-refractivity contribution in [2.24, 2.45) is 5.16 Å². The minimum atomic E-state index is -1.14. The van der Waals surface area contributed by atoms with E-state index in [4.69, 9.17) is 9.17 Å². The van der Waals surface area contributed by atoms with Crippen LogP contribution < -0.4 is 21.1 Å². The zero-order valence-corrected chi connectivity index (χ0v) is 21.9. The van der Waals surface area contributed by atoms with Crippen LogP contribution >= 0.6 is 0 Å². The highest BCUT2D eigenvalue weighted by molar-refractivity contribution is 6.62. The molecule has 1 aromatic heterocycles. The van der Waals surface area contributed by atoms with Gasteiger partial charge in [0.25, 0.3) is 0 Å². The monoisotopic (exact) mass is 525 g/mol. The van der Waals surface area contributed by atoms with E-state index >= 15 is 0 Å². The van der Waals surface area contributed by atoms with Gasteiger partial charge < -0.3 is 24.4 Å². The third-order valence-electron chi connectivity index (χ3n) is 7.49. The topological polar surface area (TPSA) is 87.3 Å². The second-order valence-electron chi connectivity index (χ2n) is 10.3. The number of benzene rings is 3. The van der Waals surface area contributed by atoms with Crippen LogP contribution in [0, 0.1) is 12.7 Å². The van der Waals surface area contributed by atoms with E-state index in [1.807, 2.05) is 38.1 Å². The average Bonchev–Trinajstić information content (AvgIpc) is 2.94. The Morgan fingerprint density at radius 3 is 2.72 bits per heavy atom. The summed E-state index contributed by atoms with van der Waals surface area (Å²) in [5.41, 5.74) is 5.76. The maximum Gasteiger partial charge on any atom is 0.583 e. The summed E-state index contributed by atoms with van der Waals surface area (Å²) in [6.45, 7) is 5.71. The SMILES string of the molecule is Cc1cc([C@@H](C)Nc2ccc(F)cc2-c2ccc3c(c2)C=NOB3O)c2oc(N3CCCCC3)cc(=O)c2c1. The molecule has 3 heterocycles. The van der Waals surface area contributed by atoms with E-state index in [1.54, 1.807) is 18.2 Å². The van der Waals surface area contributed by atoms with Crippen LogP contribution in [-0.4, -0.2) is 31.4 Å². The third kappa shape index (κ3) is 4.90. The summed E-state index contributed by atoms with van der Waals surface area (Å²) >= 11 is 0. The van der Waals surface area contributed by atoms with Crippen molar-refractivity contribution in [2.75, 3.05) is 23.3 Å². The number of hydrogen-bond acceptors (Lipinski definition) is 7. The van der Waals surface area contributed by atoms with Gasteiger partial charge in [-0.1, -0.05) is 18.2 Å². The van der Waals surface area contributed by atoms with Crippen LogP contribution in [-0.2, 0) is 4.76 Å². The van der Waals surface area contributed by atoms with Gasteiger partial charge in [-0.2, -0.15) is 0 Å². The van der Waals surface area contributed by atoms with Gasteiger partial charge in [0.1, 0.15) is 11.4 Å². The normalized spacial score (nSPS) is 15.7. The molecule has 39 heavy (non-hydrogen) atoms. The molecule has 198 valence electrons. The van der Waals surface area contributed by atoms with Crippen LogP contribution in [0.2, 0.25) is 0 Å². The summed E-state index contributed by atoms with van der Waals surface area (Å²) in [5, 5.41) is 17.9. The maximum absolute atomic E-state index is 14.5. The smallest absolute Gasteiger partial charge is 0.440 e. The molecule has 1 fully saturated rings. The highest BCUT2D eigenvalue weighted by atomic mass is 19.1. The molecule has 1 saturated heterocycles. The van der Waals surface area contributed by atoms with Crippen molar-refractivity contribution in [1.29, 1.82) is 0 Å². The van der Waals surface area contributed by atoms with Crippen molar-refractivity contribution in [2.45, 2.75) is 39.2 Å². The Morgan fingerprint density at radius 2 is 1.90 bits per heavy atom. The highest BCUT2D eigenvalue weighted by Gasteiger charge is 2.26. The lowest BCUT2D eigenvalue weighted by Crippen LogP contribution is -2.37. The summed E-state index contributed by atoms with van der Waals surface area (Å²) < 4.78 is 25.8. The fourth-order valence-electron chi connectivity index (χ4n) is 5.49. The van der Waals surface area contributed by atoms with Crippen LogP contribution in [0.25, 0.3) is 22.1 Å². The number of oxime groups is 1. The fraction of sp³-hybridized carbons (Fsp3) is 0.267. The molecule has 0 amide bonds. The molecule has 0 unspecified atom stereocenters. The number of rotatable bonds is 5. The highest BCUT2D eigenvalue weighted by Crippen LogP contribution is 2.35. The Labute approximate surface area is 226 Å². The largest absolute Gasteiger partial charge is 0.583 e. The number of aryl methyl sites for hydroxylation is 1. The first-order valence-corrected chi connectivity index (χ1v) is 13.3. The van der Waals surface area contributed by atoms with Crippen LogP contribution in [0.4, 0.5) is 16.0 Å². The van der Waals surface area contributed by atoms with Crippen molar-refractivity contribution in [1.82, 2.24) is 0 Å². The molecular weight excluding hydrogens is 496 g/mol. The van der Waals surface area contributed by atoms with Crippen LogP contribution in [0.5, 0.6) is 0 Å². The molecule has 2 aliphatic heterocycles. The molecule has 0 bridgehead atoms. The summed E-state index contributed by atoms with van der Waals surface area (Å²) in [4.78, 5) is 15.3. The molecule has 0 radical (unpaired) electrons. The second kappa shape index (κ2) is 10.2. The van der Waals surface area contributed by atoms with Crippen LogP contribution in [0.1, 0.15) is 48.9 Å². The lowest BCUT2D eigenvalue weighted by Gasteiger charge is -2.27. The van der Waals surface area contributed by atoms with Gasteiger partial charge >= 0.3 is 7.12 Å². The van der Waals surface area contributed by atoms with Crippen LogP contribution in [0.15, 0.2) is 69.0 Å². The lowest BCUT2D eigenvalue weighted by molar-refractivity contribution is 0.286. The van der Waals surface area contributed by atoms with Crippen molar-refractivity contribution in [3.8, 4) is 11.1 Å². The van der Waals surface area contributed by atoms with Gasteiger partial charge in [-0.25, -0.2) is 4.39 Å². The zero-order valence-electron chi connectivity index (χ0n) is 21.9. The fourth-order valence-corrected chi connectivity index (χ4v) is 5.49. The first-order chi connectivity index (χ1) is 18.9. The first kappa shape index (κ1) is 25.2. The molecule has 6 rings (SSSR count). The van der Waals surface area contributed by atoms with E-state index in [2.05, 4.69) is 15.4 Å². The molecule has 0 spiro atoms. The Bertz CT molecular complexity index is 1650. The van der Waals surface area contributed by atoms with E-state index < -0.39 is 7.12 Å². The molecule has 2 N–H and O–H groups in total. The molecular formula is C30H29BFN3O4. The Hall–Kier alpha value is -4.11. The van der Waals surface area contributed by atoms with Gasteiger partial charge in [0.05, 0.1) is 17.6 Å². The summed E-state index contributed by atoms with van der Waals surface area (Å²) in [5.74, 6) is 0.241. The van der Waals surface area contributed by atoms with E-state index in [0.29, 0.717) is 33.4 Å². The number of fused-ring (bicyclic) bond motifs is 2. The standard InChI is InChI=1S/C30H29BFN3O4/c1-18-12-23(30-25(13-18)28(36)16-29(38-30)35-10-4-3-5-11-35)19(2)34-27-9-7-22(32)15-24(27)20-6-8-26-21(14-20)17-33-39-31(26)37/h6-9,12-17,19,34,37H,3-5,10-11H2,1-2H3/t19-/m1/s1. The molecule has 1 atom stereocenters. The quantitative estimate of drug-likeness (QED) is 0.352. The van der Waals surface area contributed by atoms with Gasteiger partial charge in [0.2, 0.25) is 0 Å². The van der Waals surface area contributed by atoms with Gasteiger partial charge in [-0.3, -0.25) is 4.79 Å². The van der Waals surface area contributed by atoms with Crippen molar-refractivity contribution >= 4 is 41.3 Å². The van der Waals surface area contributed by atoms with E-state index in [9.17, 15) is 14.2 Å². The minimum absolute atomic E-state index is 0.0571. The Balaban J connectivity index is 1.40. The van der Waals surface area contributed by atoms with Crippen LogP contribution in [0.3, 0.4) is 0 Å². The molecule has 0 saturated carbocycles. The maximum atomic E-state index is 14.5. The first-order valence-electron chi connectivity index (χ1n) is 13.3. The predicted octanol–water partition coefficient (Wildman–Crippen LogP) is 5.12. The van der Waals surface area contributed by atoms with Crippen molar-refractivity contribution in [3.63, 3.8) is 0 Å². The number of hydrogen-bond donors (Lipinski definition) is 2.